The number of anilines is 1. The standard InChI is InChI=1S/C29H34N6O5/c1-32(2)8-9-33-10-12-34(13-11-33)25-7-6-23-22(30-25)15-24(40-23)29(16-26(36)31-28(29)38)18-35-17-19-4-5-20(39-3)14-21(19)27(35)37/h4-7,14-15H,8-13,16-18H2,1-3H3,(H,31,36,38)/t29-/m1/s1. The Morgan fingerprint density at radius 1 is 1.07 bits per heavy atom. The Hall–Kier alpha value is -3.96. The van der Waals surface area contributed by atoms with E-state index >= 15 is 0 Å². The molecule has 1 atom stereocenters. The van der Waals surface area contributed by atoms with Gasteiger partial charge in [-0.2, -0.15) is 0 Å². The number of benzene rings is 1. The molecule has 0 saturated carbocycles. The van der Waals surface area contributed by atoms with Crippen LogP contribution < -0.4 is 15.0 Å². The number of carbonyl (C=O) groups is 3. The number of hydrogen-bond acceptors (Lipinski definition) is 9. The Morgan fingerprint density at radius 2 is 1.88 bits per heavy atom. The van der Waals surface area contributed by atoms with Crippen LogP contribution in [-0.2, 0) is 21.5 Å². The van der Waals surface area contributed by atoms with Crippen molar-refractivity contribution < 1.29 is 23.5 Å². The SMILES string of the molecule is COc1ccc2c(c1)C(=O)N(C[C@@]1(c3cc4nc(N5CCN(CCN(C)C)CC5)ccc4o3)CC(=O)NC1=O)C2. The van der Waals surface area contributed by atoms with E-state index in [0.717, 1.165) is 50.6 Å². The number of furan rings is 1. The van der Waals surface area contributed by atoms with Crippen molar-refractivity contribution in [2.45, 2.75) is 18.4 Å². The van der Waals surface area contributed by atoms with Gasteiger partial charge in [0.15, 0.2) is 5.58 Å². The van der Waals surface area contributed by atoms with Crippen LogP contribution in [0.4, 0.5) is 5.82 Å². The van der Waals surface area contributed by atoms with Gasteiger partial charge in [-0.15, -0.1) is 0 Å². The number of pyridine rings is 1. The number of hydrogen-bond donors (Lipinski definition) is 1. The zero-order valence-electron chi connectivity index (χ0n) is 23.1. The number of amides is 3. The molecule has 40 heavy (non-hydrogen) atoms. The number of methoxy groups -OCH3 is 1. The minimum absolute atomic E-state index is 0.0159. The summed E-state index contributed by atoms with van der Waals surface area (Å²) in [6, 6.07) is 10.9. The molecule has 6 rings (SSSR count). The van der Waals surface area contributed by atoms with Gasteiger partial charge in [0.05, 0.1) is 13.5 Å². The van der Waals surface area contributed by atoms with Gasteiger partial charge in [-0.25, -0.2) is 4.98 Å². The number of aromatic nitrogens is 1. The normalized spacial score (nSPS) is 21.6. The molecule has 0 spiro atoms. The molecule has 0 radical (unpaired) electrons. The summed E-state index contributed by atoms with van der Waals surface area (Å²) in [4.78, 5) is 52.4. The predicted molar refractivity (Wildman–Crippen MR) is 148 cm³/mol. The van der Waals surface area contributed by atoms with Crippen molar-refractivity contribution in [1.82, 2.24) is 25.0 Å². The summed E-state index contributed by atoms with van der Waals surface area (Å²) >= 11 is 0. The van der Waals surface area contributed by atoms with E-state index in [4.69, 9.17) is 14.1 Å². The summed E-state index contributed by atoms with van der Waals surface area (Å²) in [6.45, 7) is 6.11. The number of fused-ring (bicyclic) bond motifs is 2. The minimum Gasteiger partial charge on any atom is -0.497 e. The molecule has 210 valence electrons. The van der Waals surface area contributed by atoms with Crippen LogP contribution in [-0.4, -0.2) is 104 Å². The number of imide groups is 1. The largest absolute Gasteiger partial charge is 0.497 e. The van der Waals surface area contributed by atoms with Crippen LogP contribution >= 0.6 is 0 Å². The third-order valence-electron chi connectivity index (χ3n) is 8.20. The monoisotopic (exact) mass is 546 g/mol. The Kier molecular flexibility index (Phi) is 6.71. The first-order valence-electron chi connectivity index (χ1n) is 13.6. The number of likely N-dealkylation sites (N-methyl/N-ethyl adjacent to an activating group) is 1. The summed E-state index contributed by atoms with van der Waals surface area (Å²) < 4.78 is 11.5. The van der Waals surface area contributed by atoms with E-state index in [1.54, 1.807) is 24.1 Å². The number of carbonyl (C=O) groups excluding carboxylic acids is 3. The highest BCUT2D eigenvalue weighted by atomic mass is 16.5. The molecule has 11 nitrogen and oxygen atoms in total. The van der Waals surface area contributed by atoms with Gasteiger partial charge in [0.1, 0.15) is 28.3 Å². The lowest BCUT2D eigenvalue weighted by molar-refractivity contribution is -0.127. The maximum atomic E-state index is 13.3. The number of nitrogens with zero attached hydrogens (tertiary/aromatic N) is 5. The fourth-order valence-electron chi connectivity index (χ4n) is 5.84. The third-order valence-corrected chi connectivity index (χ3v) is 8.20. The Labute approximate surface area is 232 Å². The van der Waals surface area contributed by atoms with Gasteiger partial charge in [-0.1, -0.05) is 6.07 Å². The molecule has 11 heteroatoms. The summed E-state index contributed by atoms with van der Waals surface area (Å²) in [5.74, 6) is 0.717. The van der Waals surface area contributed by atoms with E-state index in [0.29, 0.717) is 34.7 Å². The van der Waals surface area contributed by atoms with Crippen LogP contribution in [0.25, 0.3) is 11.1 Å². The predicted octanol–water partition coefficient (Wildman–Crippen LogP) is 1.46. The highest BCUT2D eigenvalue weighted by molar-refractivity contribution is 6.10. The highest BCUT2D eigenvalue weighted by Gasteiger charge is 2.53. The molecule has 2 aromatic heterocycles. The summed E-state index contributed by atoms with van der Waals surface area (Å²) in [6.07, 6.45) is -0.100. The quantitative estimate of drug-likeness (QED) is 0.420. The number of piperazine rings is 1. The maximum absolute atomic E-state index is 13.3. The molecule has 3 aliphatic heterocycles. The van der Waals surface area contributed by atoms with Crippen LogP contribution in [0.5, 0.6) is 5.75 Å². The second-order valence-corrected chi connectivity index (χ2v) is 11.1. The molecule has 1 N–H and O–H groups in total. The van der Waals surface area contributed by atoms with E-state index < -0.39 is 17.2 Å². The van der Waals surface area contributed by atoms with Crippen molar-refractivity contribution in [3.63, 3.8) is 0 Å². The van der Waals surface area contributed by atoms with Crippen molar-refractivity contribution >= 4 is 34.6 Å². The van der Waals surface area contributed by atoms with E-state index in [-0.39, 0.29) is 18.9 Å². The van der Waals surface area contributed by atoms with Crippen LogP contribution in [0.2, 0.25) is 0 Å². The Bertz CT molecular complexity index is 1480. The molecule has 3 amide bonds. The molecule has 0 unspecified atom stereocenters. The van der Waals surface area contributed by atoms with Crippen molar-refractivity contribution in [1.29, 1.82) is 0 Å². The molecule has 2 fully saturated rings. The second kappa shape index (κ2) is 10.2. The fourth-order valence-corrected chi connectivity index (χ4v) is 5.84. The van der Waals surface area contributed by atoms with Crippen LogP contribution in [0, 0.1) is 0 Å². The van der Waals surface area contributed by atoms with Gasteiger partial charge in [-0.3, -0.25) is 24.6 Å². The zero-order chi connectivity index (χ0) is 28.0. The number of nitrogens with one attached hydrogen (secondary N) is 1. The molecule has 3 aliphatic rings. The maximum Gasteiger partial charge on any atom is 0.254 e. The lowest BCUT2D eigenvalue weighted by Crippen LogP contribution is -2.48. The van der Waals surface area contributed by atoms with Crippen LogP contribution in [0.1, 0.15) is 28.1 Å². The van der Waals surface area contributed by atoms with Gasteiger partial charge >= 0.3 is 0 Å². The van der Waals surface area contributed by atoms with Crippen molar-refractivity contribution in [3.8, 4) is 5.75 Å². The zero-order valence-corrected chi connectivity index (χ0v) is 23.1. The second-order valence-electron chi connectivity index (χ2n) is 11.1. The molecule has 0 aliphatic carbocycles. The van der Waals surface area contributed by atoms with Crippen LogP contribution in [0.3, 0.4) is 0 Å². The van der Waals surface area contributed by atoms with Crippen molar-refractivity contribution in [3.05, 3.63) is 53.3 Å². The van der Waals surface area contributed by atoms with Crippen LogP contribution in [0.15, 0.2) is 40.8 Å². The first-order valence-corrected chi connectivity index (χ1v) is 13.6. The van der Waals surface area contributed by atoms with Gasteiger partial charge < -0.3 is 23.9 Å². The van der Waals surface area contributed by atoms with E-state index in [1.165, 1.54) is 0 Å². The Balaban J connectivity index is 1.24. The topological polar surface area (TPSA) is 111 Å². The summed E-state index contributed by atoms with van der Waals surface area (Å²) in [7, 11) is 5.72. The molecular weight excluding hydrogens is 512 g/mol. The van der Waals surface area contributed by atoms with Gasteiger partial charge in [0, 0.05) is 64.0 Å². The number of rotatable bonds is 8. The molecule has 0 bridgehead atoms. The molecule has 1 aromatic carbocycles. The fraction of sp³-hybridized carbons (Fsp3) is 0.448. The van der Waals surface area contributed by atoms with E-state index in [9.17, 15) is 14.4 Å². The molecular formula is C29H34N6O5. The lowest BCUT2D eigenvalue weighted by Gasteiger charge is -2.35. The summed E-state index contributed by atoms with van der Waals surface area (Å²) in [5.41, 5.74) is 1.21. The smallest absolute Gasteiger partial charge is 0.254 e. The van der Waals surface area contributed by atoms with Crippen molar-refractivity contribution in [2.24, 2.45) is 0 Å². The molecule has 3 aromatic rings. The van der Waals surface area contributed by atoms with E-state index in [1.807, 2.05) is 24.3 Å². The third kappa shape index (κ3) is 4.69. The first-order chi connectivity index (χ1) is 19.3. The average molecular weight is 547 g/mol. The first kappa shape index (κ1) is 26.3. The lowest BCUT2D eigenvalue weighted by atomic mass is 9.82. The number of ether oxygens (including phenoxy) is 1. The van der Waals surface area contributed by atoms with E-state index in [2.05, 4.69) is 34.1 Å². The highest BCUT2D eigenvalue weighted by Crippen LogP contribution is 2.39. The molecule has 2 saturated heterocycles. The van der Waals surface area contributed by atoms with Crippen molar-refractivity contribution in [2.75, 3.05) is 71.9 Å². The molecule has 5 heterocycles. The van der Waals surface area contributed by atoms with Gasteiger partial charge in [0.25, 0.3) is 5.91 Å². The van der Waals surface area contributed by atoms with Gasteiger partial charge in [0.2, 0.25) is 11.8 Å². The average Bonchev–Trinajstić information content (AvgIpc) is 3.60. The summed E-state index contributed by atoms with van der Waals surface area (Å²) in [5, 5.41) is 2.43. The van der Waals surface area contributed by atoms with Gasteiger partial charge in [-0.05, 0) is 43.9 Å². The Morgan fingerprint density at radius 3 is 2.58 bits per heavy atom. The minimum atomic E-state index is -1.34.